The van der Waals surface area contributed by atoms with Gasteiger partial charge in [-0.05, 0) is 144 Å². The fourth-order valence-electron chi connectivity index (χ4n) is 9.84. The Bertz CT molecular complexity index is 4190. The van der Waals surface area contributed by atoms with Crippen molar-refractivity contribution in [1.29, 1.82) is 10.5 Å². The van der Waals surface area contributed by atoms with Crippen molar-refractivity contribution in [2.75, 3.05) is 9.80 Å². The molecule has 0 amide bonds. The minimum Gasteiger partial charge on any atom is -0.310 e. The van der Waals surface area contributed by atoms with Crippen LogP contribution in [0.4, 0.5) is 34.1 Å². The number of benzene rings is 10. The lowest BCUT2D eigenvalue weighted by molar-refractivity contribution is 1.18. The van der Waals surface area contributed by atoms with Gasteiger partial charge >= 0.3 is 0 Å². The number of hydrogen-bond donors (Lipinski definition) is 0. The Labute approximate surface area is 393 Å². The Kier molecular flexibility index (Phi) is 8.94. The second-order valence-corrected chi connectivity index (χ2v) is 19.0. The van der Waals surface area contributed by atoms with E-state index in [0.717, 1.165) is 67.0 Å². The molecule has 0 unspecified atom stereocenters. The summed E-state index contributed by atoms with van der Waals surface area (Å²) in [6.07, 6.45) is 0. The van der Waals surface area contributed by atoms with Crippen molar-refractivity contribution in [2.45, 2.75) is 0 Å². The van der Waals surface area contributed by atoms with Crippen molar-refractivity contribution in [3.8, 4) is 17.8 Å². The number of hydrogen-bond acceptors (Lipinski definition) is 6. The van der Waals surface area contributed by atoms with Crippen LogP contribution in [0, 0.1) is 22.7 Å². The van der Waals surface area contributed by atoms with Crippen molar-refractivity contribution in [2.24, 2.45) is 0 Å². The highest BCUT2D eigenvalue weighted by Gasteiger charge is 2.21. The predicted octanol–water partition coefficient (Wildman–Crippen LogP) is 17.4. The van der Waals surface area contributed by atoms with Gasteiger partial charge in [0.1, 0.15) is 0 Å². The van der Waals surface area contributed by atoms with E-state index in [4.69, 9.17) is 0 Å². The third-order valence-electron chi connectivity index (χ3n) is 13.0. The first-order valence-electron chi connectivity index (χ1n) is 22.1. The summed E-state index contributed by atoms with van der Waals surface area (Å²) in [6.45, 7) is 0. The molecule has 312 valence electrons. The topological polar surface area (TPSA) is 59.0 Å². The van der Waals surface area contributed by atoms with Gasteiger partial charge in [0.2, 0.25) is 0 Å². The lowest BCUT2D eigenvalue weighted by Crippen LogP contribution is -2.10. The van der Waals surface area contributed by atoms with Gasteiger partial charge in [0.25, 0.3) is 0 Å². The minimum absolute atomic E-state index is 0.621. The van der Waals surface area contributed by atoms with Gasteiger partial charge < -0.3 is 14.4 Å². The second kappa shape index (κ2) is 15.5. The van der Waals surface area contributed by atoms with Crippen LogP contribution in [-0.2, 0) is 0 Å². The summed E-state index contributed by atoms with van der Waals surface area (Å²) in [7, 11) is 0. The molecule has 7 heteroatoms. The zero-order valence-corrected chi connectivity index (χ0v) is 37.4. The van der Waals surface area contributed by atoms with Crippen LogP contribution in [-0.4, -0.2) is 4.57 Å². The summed E-state index contributed by atoms with van der Waals surface area (Å²) in [4.78, 5) is 4.59. The van der Waals surface area contributed by atoms with Crippen LogP contribution in [0.25, 0.3) is 78.6 Å². The molecule has 3 aromatic heterocycles. The lowest BCUT2D eigenvalue weighted by Gasteiger charge is -2.26. The van der Waals surface area contributed by atoms with Crippen molar-refractivity contribution in [1.82, 2.24) is 4.57 Å². The highest BCUT2D eigenvalue weighted by Crippen LogP contribution is 2.45. The van der Waals surface area contributed by atoms with Crippen LogP contribution >= 0.6 is 22.7 Å². The zero-order chi connectivity index (χ0) is 44.6. The molecule has 3 heterocycles. The van der Waals surface area contributed by atoms with E-state index in [1.54, 1.807) is 0 Å². The molecule has 0 aliphatic heterocycles. The summed E-state index contributed by atoms with van der Waals surface area (Å²) >= 11 is 3.62. The highest BCUT2D eigenvalue weighted by molar-refractivity contribution is 7.26. The molecule has 0 bridgehead atoms. The molecule has 13 rings (SSSR count). The quantitative estimate of drug-likeness (QED) is 0.160. The van der Waals surface area contributed by atoms with Gasteiger partial charge in [-0.3, -0.25) is 0 Å². The molecular formula is C60H35N5S2. The van der Waals surface area contributed by atoms with Crippen molar-refractivity contribution in [3.05, 3.63) is 223 Å². The Morgan fingerprint density at radius 3 is 1.34 bits per heavy atom. The normalized spacial score (nSPS) is 11.6. The standard InChI is InChI=1S/C60H35N5S2/c61-36-38-14-19-43(20-15-38)63(47-25-28-52-50-10-4-6-12-57(50)66-59(52)34-47)45-23-18-40-31-54-49-27-24-46(33-56(49)65(42-8-2-1-3-9-42)55(54)32-41(40)30-45)64(44-21-16-39(37-62)17-22-44)48-26-29-53-51-11-5-7-13-58(51)67-60(53)35-48/h1-35H. The summed E-state index contributed by atoms with van der Waals surface area (Å²) < 4.78 is 7.38. The summed E-state index contributed by atoms with van der Waals surface area (Å²) in [6, 6.07) is 79.8. The molecule has 0 spiro atoms. The Morgan fingerprint density at radius 2 is 0.776 bits per heavy atom. The summed E-state index contributed by atoms with van der Waals surface area (Å²) in [5.74, 6) is 0. The first-order valence-corrected chi connectivity index (χ1v) is 23.7. The highest BCUT2D eigenvalue weighted by atomic mass is 32.1. The fourth-order valence-corrected chi connectivity index (χ4v) is 12.1. The number of aromatic nitrogens is 1. The molecule has 0 N–H and O–H groups in total. The first kappa shape index (κ1) is 38.7. The third-order valence-corrected chi connectivity index (χ3v) is 15.2. The molecule has 0 aliphatic rings. The molecule has 0 saturated carbocycles. The maximum Gasteiger partial charge on any atom is 0.0991 e. The fraction of sp³-hybridized carbons (Fsp3) is 0. The summed E-state index contributed by atoms with van der Waals surface area (Å²) in [5.41, 5.74) is 10.6. The van der Waals surface area contributed by atoms with Gasteiger partial charge in [0.05, 0.1) is 34.3 Å². The van der Waals surface area contributed by atoms with Crippen molar-refractivity contribution < 1.29 is 0 Å². The average Bonchev–Trinajstić information content (AvgIpc) is 4.05. The number of nitrogens with zero attached hydrogens (tertiary/aromatic N) is 5. The van der Waals surface area contributed by atoms with E-state index in [0.29, 0.717) is 11.1 Å². The van der Waals surface area contributed by atoms with E-state index >= 15 is 0 Å². The van der Waals surface area contributed by atoms with Gasteiger partial charge in [0.15, 0.2) is 0 Å². The molecule has 5 nitrogen and oxygen atoms in total. The van der Waals surface area contributed by atoms with Crippen molar-refractivity contribution in [3.63, 3.8) is 0 Å². The number of rotatable bonds is 7. The van der Waals surface area contributed by atoms with Crippen molar-refractivity contribution >= 4 is 130 Å². The minimum atomic E-state index is 0.621. The number of nitriles is 2. The first-order chi connectivity index (χ1) is 33.1. The van der Waals surface area contributed by atoms with Crippen LogP contribution in [0.3, 0.4) is 0 Å². The van der Waals surface area contributed by atoms with E-state index in [1.807, 2.05) is 71.2 Å². The van der Waals surface area contributed by atoms with Gasteiger partial charge in [-0.25, -0.2) is 0 Å². The molecule has 0 fully saturated rings. The maximum absolute atomic E-state index is 9.73. The molecule has 0 aliphatic carbocycles. The largest absolute Gasteiger partial charge is 0.310 e. The summed E-state index contributed by atoms with van der Waals surface area (Å²) in [5, 5.41) is 29.0. The van der Waals surface area contributed by atoms with Gasteiger partial charge in [-0.2, -0.15) is 10.5 Å². The van der Waals surface area contributed by atoms with Gasteiger partial charge in [-0.1, -0.05) is 78.9 Å². The SMILES string of the molecule is N#Cc1ccc(N(c2ccc3cc4c5ccc(N(c6ccc(C#N)cc6)c6ccc7c(c6)sc6ccccc67)cc5n(-c5ccccc5)c4cc3c2)c2ccc3c(c2)sc2ccccc23)cc1. The van der Waals surface area contributed by atoms with E-state index in [9.17, 15) is 10.5 Å². The molecule has 10 aromatic carbocycles. The van der Waals surface area contributed by atoms with Crippen LogP contribution in [0.2, 0.25) is 0 Å². The van der Waals surface area contributed by atoms with E-state index in [1.165, 1.54) is 45.7 Å². The Hall–Kier alpha value is -8.72. The Balaban J connectivity index is 0.999. The number of para-hydroxylation sites is 1. The molecule has 0 atom stereocenters. The second-order valence-electron chi connectivity index (χ2n) is 16.8. The lowest BCUT2D eigenvalue weighted by atomic mass is 10.0. The van der Waals surface area contributed by atoms with Gasteiger partial charge in [0, 0.05) is 90.9 Å². The molecule has 67 heavy (non-hydrogen) atoms. The monoisotopic (exact) mass is 889 g/mol. The molecule has 0 radical (unpaired) electrons. The zero-order valence-electron chi connectivity index (χ0n) is 35.8. The van der Waals surface area contributed by atoms with Gasteiger partial charge in [-0.15, -0.1) is 22.7 Å². The van der Waals surface area contributed by atoms with E-state index in [-0.39, 0.29) is 0 Å². The molecule has 13 aromatic rings. The van der Waals surface area contributed by atoms with Crippen LogP contribution in [0.1, 0.15) is 11.1 Å². The third kappa shape index (κ3) is 6.41. The number of fused-ring (bicyclic) bond motifs is 10. The smallest absolute Gasteiger partial charge is 0.0991 e. The van der Waals surface area contributed by atoms with E-state index < -0.39 is 0 Å². The van der Waals surface area contributed by atoms with Crippen LogP contribution < -0.4 is 9.80 Å². The Morgan fingerprint density at radius 1 is 0.328 bits per heavy atom. The average molecular weight is 890 g/mol. The van der Waals surface area contributed by atoms with Crippen LogP contribution in [0.5, 0.6) is 0 Å². The molecular weight excluding hydrogens is 855 g/mol. The molecule has 0 saturated heterocycles. The maximum atomic E-state index is 9.73. The van der Waals surface area contributed by atoms with Crippen LogP contribution in [0.15, 0.2) is 212 Å². The van der Waals surface area contributed by atoms with E-state index in [2.05, 4.69) is 190 Å². The number of anilines is 6. The number of thiophene rings is 2. The predicted molar refractivity (Wildman–Crippen MR) is 283 cm³/mol.